The molecule has 3 N–H and O–H groups in total. The highest BCUT2D eigenvalue weighted by molar-refractivity contribution is 5.33. The van der Waals surface area contributed by atoms with Crippen molar-refractivity contribution in [1.82, 2.24) is 5.32 Å². The van der Waals surface area contributed by atoms with E-state index in [9.17, 15) is 20.3 Å². The Morgan fingerprint density at radius 3 is 2.43 bits per heavy atom. The summed E-state index contributed by atoms with van der Waals surface area (Å²) in [5, 5.41) is 34.0. The van der Waals surface area contributed by atoms with E-state index < -0.39 is 16.6 Å². The third-order valence-electron chi connectivity index (χ3n) is 4.06. The van der Waals surface area contributed by atoms with Gasteiger partial charge in [0, 0.05) is 25.2 Å². The summed E-state index contributed by atoms with van der Waals surface area (Å²) in [7, 11) is 0. The van der Waals surface area contributed by atoms with Crippen molar-refractivity contribution >= 4 is 5.69 Å². The third kappa shape index (κ3) is 4.49. The molecular formula is C15H22N2O4. The Kier molecular flexibility index (Phi) is 5.27. The van der Waals surface area contributed by atoms with Crippen molar-refractivity contribution in [2.75, 3.05) is 13.1 Å². The van der Waals surface area contributed by atoms with Gasteiger partial charge in [0.2, 0.25) is 0 Å². The lowest BCUT2D eigenvalue weighted by atomic mass is 9.85. The highest BCUT2D eigenvalue weighted by Crippen LogP contribution is 2.27. The number of nitro groups is 1. The number of nitrogens with one attached hydrogen (secondary N) is 1. The molecule has 1 saturated carbocycles. The molecule has 1 fully saturated rings. The first-order valence-electron chi connectivity index (χ1n) is 7.36. The molecule has 1 atom stereocenters. The molecule has 116 valence electrons. The SMILES string of the molecule is O=[N+]([O-])c1ccc(C(O)CNCC2(O)CCCCC2)cc1. The van der Waals surface area contributed by atoms with E-state index in [4.69, 9.17) is 0 Å². The van der Waals surface area contributed by atoms with Crippen molar-refractivity contribution in [3.05, 3.63) is 39.9 Å². The van der Waals surface area contributed by atoms with Gasteiger partial charge in [-0.1, -0.05) is 19.3 Å². The van der Waals surface area contributed by atoms with E-state index in [-0.39, 0.29) is 5.69 Å². The summed E-state index contributed by atoms with van der Waals surface area (Å²) in [5.41, 5.74) is -0.0212. The fraction of sp³-hybridized carbons (Fsp3) is 0.600. The number of rotatable bonds is 6. The second-order valence-electron chi connectivity index (χ2n) is 5.78. The van der Waals surface area contributed by atoms with Crippen LogP contribution in [0.4, 0.5) is 5.69 Å². The van der Waals surface area contributed by atoms with Crippen LogP contribution in [0, 0.1) is 10.1 Å². The number of non-ortho nitro benzene ring substituents is 1. The molecule has 1 aliphatic rings. The van der Waals surface area contributed by atoms with E-state index in [0.29, 0.717) is 18.7 Å². The molecule has 6 nitrogen and oxygen atoms in total. The zero-order valence-electron chi connectivity index (χ0n) is 12.0. The number of benzene rings is 1. The van der Waals surface area contributed by atoms with Gasteiger partial charge >= 0.3 is 0 Å². The van der Waals surface area contributed by atoms with Gasteiger partial charge in [-0.3, -0.25) is 10.1 Å². The number of nitro benzene ring substituents is 1. The lowest BCUT2D eigenvalue weighted by molar-refractivity contribution is -0.384. The first kappa shape index (κ1) is 15.9. The van der Waals surface area contributed by atoms with Crippen LogP contribution in [0.5, 0.6) is 0 Å². The van der Waals surface area contributed by atoms with E-state index in [1.54, 1.807) is 12.1 Å². The van der Waals surface area contributed by atoms with Crippen molar-refractivity contribution in [2.24, 2.45) is 0 Å². The minimum atomic E-state index is -0.738. The van der Waals surface area contributed by atoms with Gasteiger partial charge in [-0.15, -0.1) is 0 Å². The lowest BCUT2D eigenvalue weighted by Gasteiger charge is -2.32. The van der Waals surface area contributed by atoms with Gasteiger partial charge in [0.15, 0.2) is 0 Å². The van der Waals surface area contributed by atoms with Crippen LogP contribution in [-0.4, -0.2) is 33.8 Å². The van der Waals surface area contributed by atoms with Crippen LogP contribution in [0.2, 0.25) is 0 Å². The summed E-state index contributed by atoms with van der Waals surface area (Å²) < 4.78 is 0. The molecule has 0 radical (unpaired) electrons. The Bertz CT molecular complexity index is 469. The van der Waals surface area contributed by atoms with Crippen LogP contribution in [-0.2, 0) is 0 Å². The quantitative estimate of drug-likeness (QED) is 0.550. The van der Waals surface area contributed by atoms with E-state index in [1.807, 2.05) is 0 Å². The second kappa shape index (κ2) is 6.98. The van der Waals surface area contributed by atoms with Gasteiger partial charge in [-0.05, 0) is 30.5 Å². The normalized spacial score (nSPS) is 19.1. The molecule has 0 aliphatic heterocycles. The van der Waals surface area contributed by atoms with Crippen LogP contribution in [0.15, 0.2) is 24.3 Å². The van der Waals surface area contributed by atoms with Gasteiger partial charge in [0.05, 0.1) is 16.6 Å². The number of aliphatic hydroxyl groups excluding tert-OH is 1. The summed E-state index contributed by atoms with van der Waals surface area (Å²) in [6, 6.07) is 5.88. The van der Waals surface area contributed by atoms with Crippen LogP contribution in [0.25, 0.3) is 0 Å². The van der Waals surface area contributed by atoms with Gasteiger partial charge in [0.25, 0.3) is 5.69 Å². The standard InChI is InChI=1S/C15H22N2O4/c18-14(12-4-6-13(7-5-12)17(20)21)10-16-11-15(19)8-2-1-3-9-15/h4-7,14,16,18-19H,1-3,8-11H2. The van der Waals surface area contributed by atoms with E-state index in [0.717, 1.165) is 25.7 Å². The molecule has 1 unspecified atom stereocenters. The monoisotopic (exact) mass is 294 g/mol. The zero-order valence-corrected chi connectivity index (χ0v) is 12.0. The maximum absolute atomic E-state index is 10.6. The fourth-order valence-corrected chi connectivity index (χ4v) is 2.76. The summed E-state index contributed by atoms with van der Waals surface area (Å²) >= 11 is 0. The number of aliphatic hydroxyl groups is 2. The topological polar surface area (TPSA) is 95.6 Å². The molecule has 0 amide bonds. The van der Waals surface area contributed by atoms with E-state index in [2.05, 4.69) is 5.32 Å². The van der Waals surface area contributed by atoms with Crippen molar-refractivity contribution in [1.29, 1.82) is 0 Å². The van der Waals surface area contributed by atoms with Gasteiger partial charge in [-0.2, -0.15) is 0 Å². The summed E-state index contributed by atoms with van der Waals surface area (Å²) in [5.74, 6) is 0. The Labute approximate surface area is 124 Å². The smallest absolute Gasteiger partial charge is 0.269 e. The molecule has 1 aromatic rings. The van der Waals surface area contributed by atoms with Gasteiger partial charge in [0.1, 0.15) is 0 Å². The zero-order chi connectivity index (χ0) is 15.3. The number of hydrogen-bond acceptors (Lipinski definition) is 5. The first-order valence-corrected chi connectivity index (χ1v) is 7.36. The highest BCUT2D eigenvalue weighted by Gasteiger charge is 2.28. The van der Waals surface area contributed by atoms with Crippen LogP contribution in [0.3, 0.4) is 0 Å². The van der Waals surface area contributed by atoms with Crippen LogP contribution < -0.4 is 5.32 Å². The number of nitrogens with zero attached hydrogens (tertiary/aromatic N) is 1. The Morgan fingerprint density at radius 1 is 1.24 bits per heavy atom. The lowest BCUT2D eigenvalue weighted by Crippen LogP contribution is -2.43. The van der Waals surface area contributed by atoms with Crippen LogP contribution in [0.1, 0.15) is 43.8 Å². The predicted octanol–water partition coefficient (Wildman–Crippen LogP) is 1.91. The van der Waals surface area contributed by atoms with Crippen molar-refractivity contribution in [3.8, 4) is 0 Å². The molecule has 0 spiro atoms. The molecule has 1 aliphatic carbocycles. The largest absolute Gasteiger partial charge is 0.389 e. The summed E-state index contributed by atoms with van der Waals surface area (Å²) in [6.45, 7) is 0.789. The van der Waals surface area contributed by atoms with Gasteiger partial charge < -0.3 is 15.5 Å². The highest BCUT2D eigenvalue weighted by atomic mass is 16.6. The molecule has 1 aromatic carbocycles. The average Bonchev–Trinajstić information content (AvgIpc) is 2.48. The molecule has 0 bridgehead atoms. The minimum absolute atomic E-state index is 0.00965. The minimum Gasteiger partial charge on any atom is -0.389 e. The number of hydrogen-bond donors (Lipinski definition) is 3. The molecule has 2 rings (SSSR count). The van der Waals surface area contributed by atoms with Crippen molar-refractivity contribution in [3.63, 3.8) is 0 Å². The van der Waals surface area contributed by atoms with Gasteiger partial charge in [-0.25, -0.2) is 0 Å². The molecule has 0 aromatic heterocycles. The molecule has 0 saturated heterocycles. The third-order valence-corrected chi connectivity index (χ3v) is 4.06. The van der Waals surface area contributed by atoms with Crippen molar-refractivity contribution < 1.29 is 15.1 Å². The molecule has 0 heterocycles. The van der Waals surface area contributed by atoms with Crippen molar-refractivity contribution in [2.45, 2.75) is 43.8 Å². The predicted molar refractivity (Wildman–Crippen MR) is 79.0 cm³/mol. The summed E-state index contributed by atoms with van der Waals surface area (Å²) in [4.78, 5) is 10.1. The van der Waals surface area contributed by atoms with E-state index in [1.165, 1.54) is 18.6 Å². The Hall–Kier alpha value is -1.50. The Balaban J connectivity index is 1.81. The Morgan fingerprint density at radius 2 is 1.86 bits per heavy atom. The van der Waals surface area contributed by atoms with Crippen LogP contribution >= 0.6 is 0 Å². The average molecular weight is 294 g/mol. The summed E-state index contributed by atoms with van der Waals surface area (Å²) in [6.07, 6.45) is 4.12. The second-order valence-corrected chi connectivity index (χ2v) is 5.78. The maximum Gasteiger partial charge on any atom is 0.269 e. The maximum atomic E-state index is 10.6. The molecule has 6 heteroatoms. The molecular weight excluding hydrogens is 272 g/mol. The molecule has 21 heavy (non-hydrogen) atoms. The fourth-order valence-electron chi connectivity index (χ4n) is 2.76. The van der Waals surface area contributed by atoms with E-state index >= 15 is 0 Å². The first-order chi connectivity index (χ1) is 10.0.